The summed E-state index contributed by atoms with van der Waals surface area (Å²) >= 11 is 1.64. The molecule has 0 saturated carbocycles. The number of thiophene rings is 1. The first-order chi connectivity index (χ1) is 12.7. The zero-order valence-electron chi connectivity index (χ0n) is 14.7. The summed E-state index contributed by atoms with van der Waals surface area (Å²) < 4.78 is 10.6. The van der Waals surface area contributed by atoms with Gasteiger partial charge >= 0.3 is 6.03 Å². The molecule has 0 aliphatic heterocycles. The Labute approximate surface area is 157 Å². The number of nitrogens with zero attached hydrogens (tertiary/aromatic N) is 1. The Morgan fingerprint density at radius 3 is 2.65 bits per heavy atom. The summed E-state index contributed by atoms with van der Waals surface area (Å²) in [7, 11) is 1.65. The van der Waals surface area contributed by atoms with E-state index in [0.717, 1.165) is 28.4 Å². The molecule has 0 atom stereocenters. The maximum atomic E-state index is 12.6. The maximum Gasteiger partial charge on any atom is 0.318 e. The van der Waals surface area contributed by atoms with Crippen LogP contribution in [0.15, 0.2) is 64.6 Å². The van der Waals surface area contributed by atoms with Crippen LogP contribution in [0.25, 0.3) is 0 Å². The van der Waals surface area contributed by atoms with Crippen molar-refractivity contribution in [3.63, 3.8) is 0 Å². The number of benzene rings is 1. The molecule has 0 radical (unpaired) electrons. The van der Waals surface area contributed by atoms with Crippen LogP contribution in [0, 0.1) is 0 Å². The highest BCUT2D eigenvalue weighted by atomic mass is 32.1. The molecule has 0 bridgehead atoms. The topological polar surface area (TPSA) is 54.7 Å². The summed E-state index contributed by atoms with van der Waals surface area (Å²) in [5, 5.41) is 5.02. The maximum absolute atomic E-state index is 12.6. The molecular formula is C20H22N2O3S. The third-order valence-electron chi connectivity index (χ3n) is 3.99. The van der Waals surface area contributed by atoms with Gasteiger partial charge in [-0.25, -0.2) is 4.79 Å². The van der Waals surface area contributed by atoms with Gasteiger partial charge in [0.15, 0.2) is 0 Å². The summed E-state index contributed by atoms with van der Waals surface area (Å²) in [5.41, 5.74) is 1.15. The molecule has 0 spiro atoms. The minimum absolute atomic E-state index is 0.0942. The number of rotatable bonds is 8. The number of ether oxygens (including phenoxy) is 1. The van der Waals surface area contributed by atoms with Crippen molar-refractivity contribution in [1.82, 2.24) is 10.2 Å². The zero-order chi connectivity index (χ0) is 18.2. The van der Waals surface area contributed by atoms with E-state index in [0.29, 0.717) is 19.6 Å². The van der Waals surface area contributed by atoms with Gasteiger partial charge in [0, 0.05) is 11.4 Å². The lowest BCUT2D eigenvalue weighted by molar-refractivity contribution is 0.188. The molecule has 0 unspecified atom stereocenters. The minimum atomic E-state index is -0.0942. The molecule has 6 heteroatoms. The SMILES string of the molecule is COc1ccc(CCNC(=O)N(Cc2ccco2)Cc2cccs2)cc1. The first-order valence-electron chi connectivity index (χ1n) is 8.45. The number of methoxy groups -OCH3 is 1. The van der Waals surface area contributed by atoms with Gasteiger partial charge in [-0.05, 0) is 47.7 Å². The highest BCUT2D eigenvalue weighted by molar-refractivity contribution is 7.09. The van der Waals surface area contributed by atoms with Gasteiger partial charge in [0.25, 0.3) is 0 Å². The Kier molecular flexibility index (Phi) is 6.33. The lowest BCUT2D eigenvalue weighted by Crippen LogP contribution is -2.39. The molecule has 26 heavy (non-hydrogen) atoms. The molecule has 2 heterocycles. The molecule has 1 N–H and O–H groups in total. The number of urea groups is 1. The third kappa shape index (κ3) is 5.13. The van der Waals surface area contributed by atoms with Crippen molar-refractivity contribution in [2.45, 2.75) is 19.5 Å². The van der Waals surface area contributed by atoms with E-state index in [2.05, 4.69) is 5.32 Å². The van der Waals surface area contributed by atoms with Gasteiger partial charge in [0.2, 0.25) is 0 Å². The highest BCUT2D eigenvalue weighted by Gasteiger charge is 2.16. The summed E-state index contributed by atoms with van der Waals surface area (Å²) in [6, 6.07) is 15.5. The van der Waals surface area contributed by atoms with E-state index in [9.17, 15) is 4.79 Å². The van der Waals surface area contributed by atoms with Crippen LogP contribution in [-0.4, -0.2) is 24.6 Å². The number of furan rings is 1. The smallest absolute Gasteiger partial charge is 0.318 e. The van der Waals surface area contributed by atoms with Crippen molar-refractivity contribution >= 4 is 17.4 Å². The van der Waals surface area contributed by atoms with E-state index in [4.69, 9.17) is 9.15 Å². The van der Waals surface area contributed by atoms with E-state index >= 15 is 0 Å². The van der Waals surface area contributed by atoms with Gasteiger partial charge in [-0.1, -0.05) is 18.2 Å². The fourth-order valence-corrected chi connectivity index (χ4v) is 3.32. The zero-order valence-corrected chi connectivity index (χ0v) is 15.5. The fourth-order valence-electron chi connectivity index (χ4n) is 2.60. The molecule has 0 fully saturated rings. The summed E-state index contributed by atoms with van der Waals surface area (Å²) in [4.78, 5) is 15.5. The standard InChI is InChI=1S/C20H22N2O3S/c1-24-17-8-6-16(7-9-17)10-11-21-20(23)22(14-18-4-2-12-25-18)15-19-5-3-13-26-19/h2-9,12-13H,10-11,14-15H2,1H3,(H,21,23). The second-order valence-corrected chi connectivity index (χ2v) is 6.88. The second kappa shape index (κ2) is 9.10. The number of carbonyl (C=O) groups excluding carboxylic acids is 1. The van der Waals surface area contributed by atoms with Gasteiger partial charge in [0.1, 0.15) is 11.5 Å². The lowest BCUT2D eigenvalue weighted by Gasteiger charge is -2.21. The van der Waals surface area contributed by atoms with Gasteiger partial charge in [-0.2, -0.15) is 0 Å². The van der Waals surface area contributed by atoms with E-state index in [1.165, 1.54) is 0 Å². The molecule has 2 aromatic heterocycles. The Bertz CT molecular complexity index is 747. The predicted octanol–water partition coefficient (Wildman–Crippen LogP) is 4.30. The molecule has 0 saturated heterocycles. The number of hydrogen-bond acceptors (Lipinski definition) is 4. The van der Waals surface area contributed by atoms with Crippen molar-refractivity contribution in [2.75, 3.05) is 13.7 Å². The molecule has 0 aliphatic carbocycles. The molecule has 2 amide bonds. The van der Waals surface area contributed by atoms with Crippen LogP contribution in [0.1, 0.15) is 16.2 Å². The van der Waals surface area contributed by atoms with Crippen molar-refractivity contribution in [3.8, 4) is 5.75 Å². The first-order valence-corrected chi connectivity index (χ1v) is 9.33. The minimum Gasteiger partial charge on any atom is -0.497 e. The Hall–Kier alpha value is -2.73. The first kappa shape index (κ1) is 18.1. The summed E-state index contributed by atoms with van der Waals surface area (Å²) in [5.74, 6) is 1.60. The van der Waals surface area contributed by atoms with Crippen molar-refractivity contribution in [1.29, 1.82) is 0 Å². The van der Waals surface area contributed by atoms with Gasteiger partial charge in [0.05, 0.1) is 26.5 Å². The average molecular weight is 370 g/mol. The average Bonchev–Trinajstić information content (AvgIpc) is 3.36. The normalized spacial score (nSPS) is 10.5. The van der Waals surface area contributed by atoms with Crippen LogP contribution < -0.4 is 10.1 Å². The number of carbonyl (C=O) groups is 1. The fraction of sp³-hybridized carbons (Fsp3) is 0.250. The largest absolute Gasteiger partial charge is 0.497 e. The van der Waals surface area contributed by atoms with Crippen LogP contribution in [0.5, 0.6) is 5.75 Å². The predicted molar refractivity (Wildman–Crippen MR) is 102 cm³/mol. The molecule has 1 aromatic carbocycles. The Morgan fingerprint density at radius 1 is 1.15 bits per heavy atom. The van der Waals surface area contributed by atoms with Gasteiger partial charge in [-0.15, -0.1) is 11.3 Å². The molecule has 3 rings (SSSR count). The Morgan fingerprint density at radius 2 is 2.00 bits per heavy atom. The van der Waals surface area contributed by atoms with E-state index < -0.39 is 0 Å². The quantitative estimate of drug-likeness (QED) is 0.643. The number of hydrogen-bond donors (Lipinski definition) is 1. The van der Waals surface area contributed by atoms with Gasteiger partial charge in [-0.3, -0.25) is 0 Å². The van der Waals surface area contributed by atoms with Crippen LogP contribution in [0.4, 0.5) is 4.79 Å². The van der Waals surface area contributed by atoms with Crippen LogP contribution >= 0.6 is 11.3 Å². The van der Waals surface area contributed by atoms with Crippen molar-refractivity contribution in [3.05, 3.63) is 76.4 Å². The van der Waals surface area contributed by atoms with E-state index in [1.54, 1.807) is 29.6 Å². The molecular weight excluding hydrogens is 348 g/mol. The lowest BCUT2D eigenvalue weighted by atomic mass is 10.1. The third-order valence-corrected chi connectivity index (χ3v) is 4.85. The van der Waals surface area contributed by atoms with Crippen LogP contribution in [-0.2, 0) is 19.5 Å². The van der Waals surface area contributed by atoms with Gasteiger partial charge < -0.3 is 19.4 Å². The molecule has 3 aromatic rings. The number of nitrogens with one attached hydrogen (secondary N) is 1. The van der Waals surface area contributed by atoms with Crippen LogP contribution in [0.2, 0.25) is 0 Å². The van der Waals surface area contributed by atoms with Crippen molar-refractivity contribution in [2.24, 2.45) is 0 Å². The second-order valence-electron chi connectivity index (χ2n) is 5.84. The van der Waals surface area contributed by atoms with E-state index in [-0.39, 0.29) is 6.03 Å². The summed E-state index contributed by atoms with van der Waals surface area (Å²) in [6.07, 6.45) is 2.39. The molecule has 136 valence electrons. The molecule has 0 aliphatic rings. The van der Waals surface area contributed by atoms with Crippen molar-refractivity contribution < 1.29 is 13.9 Å². The monoisotopic (exact) mass is 370 g/mol. The molecule has 5 nitrogen and oxygen atoms in total. The highest BCUT2D eigenvalue weighted by Crippen LogP contribution is 2.15. The van der Waals surface area contributed by atoms with E-state index in [1.807, 2.05) is 53.9 Å². The number of amides is 2. The van der Waals surface area contributed by atoms with Crippen LogP contribution in [0.3, 0.4) is 0 Å². The Balaban J connectivity index is 1.55. The summed E-state index contributed by atoms with van der Waals surface area (Å²) in [6.45, 7) is 1.58.